The highest BCUT2D eigenvalue weighted by atomic mass is 32.1. The lowest BCUT2D eigenvalue weighted by molar-refractivity contribution is 0.963. The van der Waals surface area contributed by atoms with E-state index < -0.39 is 0 Å². The molecule has 0 radical (unpaired) electrons. The second-order valence-corrected chi connectivity index (χ2v) is 6.31. The van der Waals surface area contributed by atoms with Crippen LogP contribution in [-0.2, 0) is 0 Å². The molecule has 4 aromatic rings. The van der Waals surface area contributed by atoms with Gasteiger partial charge in [-0.2, -0.15) is 0 Å². The average Bonchev–Trinajstić information content (AvgIpc) is 2.95. The Hall–Kier alpha value is -2.80. The molecule has 6 nitrogen and oxygen atoms in total. The summed E-state index contributed by atoms with van der Waals surface area (Å²) in [7, 11) is 3.94. The van der Waals surface area contributed by atoms with Gasteiger partial charge in [-0.05, 0) is 18.2 Å². The van der Waals surface area contributed by atoms with Crippen molar-refractivity contribution in [3.05, 3.63) is 53.5 Å². The van der Waals surface area contributed by atoms with E-state index in [1.54, 1.807) is 37.1 Å². The maximum absolute atomic E-state index is 12.9. The Labute approximate surface area is 135 Å². The van der Waals surface area contributed by atoms with E-state index in [0.29, 0.717) is 10.2 Å². The van der Waals surface area contributed by atoms with Crippen molar-refractivity contribution in [2.24, 2.45) is 0 Å². The van der Waals surface area contributed by atoms with Crippen molar-refractivity contribution >= 4 is 37.5 Å². The first-order valence-electron chi connectivity index (χ1n) is 7.03. The quantitative estimate of drug-likeness (QED) is 0.567. The number of thiophene rings is 1. The summed E-state index contributed by atoms with van der Waals surface area (Å²) in [6, 6.07) is 5.50. The standard InChI is InChI=1S/C16H13N5OS/c1-20(2)11-5-8-18-15-12(11)13-14(23-15)16(22)21(9-19-13)10-3-6-17-7-4-10/h3-9H,1-2H3. The highest BCUT2D eigenvalue weighted by molar-refractivity contribution is 7.25. The Morgan fingerprint density at radius 2 is 1.87 bits per heavy atom. The highest BCUT2D eigenvalue weighted by Crippen LogP contribution is 2.35. The number of nitrogens with zero attached hydrogens (tertiary/aromatic N) is 5. The summed E-state index contributed by atoms with van der Waals surface area (Å²) < 4.78 is 2.15. The molecule has 0 saturated heterocycles. The summed E-state index contributed by atoms with van der Waals surface area (Å²) in [6.07, 6.45) is 6.64. The molecular weight excluding hydrogens is 310 g/mol. The summed E-state index contributed by atoms with van der Waals surface area (Å²) in [5, 5.41) is 0.927. The van der Waals surface area contributed by atoms with E-state index in [0.717, 1.165) is 21.6 Å². The third-order valence-electron chi connectivity index (χ3n) is 3.68. The van der Waals surface area contributed by atoms with Gasteiger partial charge in [0, 0.05) is 32.7 Å². The van der Waals surface area contributed by atoms with Gasteiger partial charge in [-0.25, -0.2) is 9.97 Å². The second kappa shape index (κ2) is 5.13. The maximum Gasteiger partial charge on any atom is 0.275 e. The van der Waals surface area contributed by atoms with Crippen LogP contribution in [-0.4, -0.2) is 33.6 Å². The number of fused-ring (bicyclic) bond motifs is 3. The van der Waals surface area contributed by atoms with E-state index in [1.165, 1.54) is 15.9 Å². The molecule has 4 rings (SSSR count). The predicted molar refractivity (Wildman–Crippen MR) is 92.6 cm³/mol. The molecule has 0 amide bonds. The summed E-state index contributed by atoms with van der Waals surface area (Å²) >= 11 is 1.38. The van der Waals surface area contributed by atoms with Gasteiger partial charge in [0.05, 0.1) is 22.3 Å². The fraction of sp³-hybridized carbons (Fsp3) is 0.125. The van der Waals surface area contributed by atoms with Crippen LogP contribution < -0.4 is 10.5 Å². The minimum atomic E-state index is -0.0890. The van der Waals surface area contributed by atoms with Crippen LogP contribution in [0.25, 0.3) is 26.1 Å². The summed E-state index contributed by atoms with van der Waals surface area (Å²) in [6.45, 7) is 0. The van der Waals surface area contributed by atoms with Crippen molar-refractivity contribution in [3.8, 4) is 5.69 Å². The fourth-order valence-corrected chi connectivity index (χ4v) is 3.65. The summed E-state index contributed by atoms with van der Waals surface area (Å²) in [5.41, 5.74) is 2.37. The lowest BCUT2D eigenvalue weighted by Crippen LogP contribution is -2.17. The monoisotopic (exact) mass is 323 g/mol. The van der Waals surface area contributed by atoms with Gasteiger partial charge in [-0.1, -0.05) is 0 Å². The van der Waals surface area contributed by atoms with Crippen LogP contribution in [0.3, 0.4) is 0 Å². The average molecular weight is 323 g/mol. The molecule has 0 aliphatic heterocycles. The lowest BCUT2D eigenvalue weighted by atomic mass is 10.2. The third-order valence-corrected chi connectivity index (χ3v) is 4.76. The Kier molecular flexibility index (Phi) is 3.09. The molecule has 0 bridgehead atoms. The van der Waals surface area contributed by atoms with Crippen LogP contribution >= 0.6 is 11.3 Å². The number of aromatic nitrogens is 4. The minimum Gasteiger partial charge on any atom is -0.377 e. The first-order valence-corrected chi connectivity index (χ1v) is 7.85. The zero-order chi connectivity index (χ0) is 16.0. The van der Waals surface area contributed by atoms with Crippen molar-refractivity contribution in [2.45, 2.75) is 0 Å². The van der Waals surface area contributed by atoms with Crippen molar-refractivity contribution in [1.82, 2.24) is 19.5 Å². The van der Waals surface area contributed by atoms with Gasteiger partial charge in [0.1, 0.15) is 15.9 Å². The third kappa shape index (κ3) is 2.08. The molecule has 0 unspecified atom stereocenters. The van der Waals surface area contributed by atoms with Gasteiger partial charge < -0.3 is 4.90 Å². The van der Waals surface area contributed by atoms with Crippen LogP contribution in [0.15, 0.2) is 47.9 Å². The largest absolute Gasteiger partial charge is 0.377 e. The predicted octanol–water partition coefficient (Wildman–Crippen LogP) is 2.46. The number of hydrogen-bond donors (Lipinski definition) is 0. The van der Waals surface area contributed by atoms with Gasteiger partial charge in [0.25, 0.3) is 5.56 Å². The van der Waals surface area contributed by atoms with Gasteiger partial charge in [-0.3, -0.25) is 14.3 Å². The smallest absolute Gasteiger partial charge is 0.275 e. The van der Waals surface area contributed by atoms with Crippen LogP contribution in [0.2, 0.25) is 0 Å². The Morgan fingerprint density at radius 3 is 2.61 bits per heavy atom. The van der Waals surface area contributed by atoms with Crippen LogP contribution in [0.1, 0.15) is 0 Å². The fourth-order valence-electron chi connectivity index (χ4n) is 2.60. The summed E-state index contributed by atoms with van der Waals surface area (Å²) in [4.78, 5) is 28.6. The molecule has 4 heterocycles. The van der Waals surface area contributed by atoms with Crippen LogP contribution in [0.4, 0.5) is 5.69 Å². The Morgan fingerprint density at radius 1 is 1.09 bits per heavy atom. The molecule has 114 valence electrons. The molecule has 4 aromatic heterocycles. The van der Waals surface area contributed by atoms with Crippen molar-refractivity contribution in [3.63, 3.8) is 0 Å². The molecule has 0 aliphatic rings. The zero-order valence-corrected chi connectivity index (χ0v) is 13.4. The number of hydrogen-bond acceptors (Lipinski definition) is 6. The molecule has 0 N–H and O–H groups in total. The molecule has 23 heavy (non-hydrogen) atoms. The minimum absolute atomic E-state index is 0.0890. The molecule has 0 aromatic carbocycles. The first kappa shape index (κ1) is 13.8. The van der Waals surface area contributed by atoms with Crippen LogP contribution in [0.5, 0.6) is 0 Å². The van der Waals surface area contributed by atoms with Crippen molar-refractivity contribution in [2.75, 3.05) is 19.0 Å². The zero-order valence-electron chi connectivity index (χ0n) is 12.6. The highest BCUT2D eigenvalue weighted by Gasteiger charge is 2.16. The van der Waals surface area contributed by atoms with Crippen LogP contribution in [0, 0.1) is 0 Å². The van der Waals surface area contributed by atoms with Gasteiger partial charge in [0.2, 0.25) is 0 Å². The van der Waals surface area contributed by atoms with E-state index >= 15 is 0 Å². The molecule has 0 fully saturated rings. The van der Waals surface area contributed by atoms with Crippen molar-refractivity contribution < 1.29 is 0 Å². The van der Waals surface area contributed by atoms with E-state index in [9.17, 15) is 4.79 Å². The summed E-state index contributed by atoms with van der Waals surface area (Å²) in [5.74, 6) is 0. The van der Waals surface area contributed by atoms with E-state index in [1.807, 2.05) is 25.1 Å². The molecule has 0 spiro atoms. The van der Waals surface area contributed by atoms with Gasteiger partial charge in [-0.15, -0.1) is 11.3 Å². The Balaban J connectivity index is 2.08. The number of pyridine rings is 2. The normalized spacial score (nSPS) is 11.2. The molecular formula is C16H13N5OS. The molecule has 0 atom stereocenters. The van der Waals surface area contributed by atoms with E-state index in [4.69, 9.17) is 0 Å². The van der Waals surface area contributed by atoms with E-state index in [2.05, 4.69) is 15.0 Å². The SMILES string of the molecule is CN(C)c1ccnc2sc3c(=O)n(-c4ccncc4)cnc3c12. The second-order valence-electron chi connectivity index (χ2n) is 5.31. The van der Waals surface area contributed by atoms with Gasteiger partial charge in [0.15, 0.2) is 0 Å². The molecule has 0 aliphatic carbocycles. The van der Waals surface area contributed by atoms with Gasteiger partial charge >= 0.3 is 0 Å². The molecule has 7 heteroatoms. The number of rotatable bonds is 2. The lowest BCUT2D eigenvalue weighted by Gasteiger charge is -2.13. The Bertz CT molecular complexity index is 1070. The first-order chi connectivity index (χ1) is 11.2. The van der Waals surface area contributed by atoms with Crippen molar-refractivity contribution in [1.29, 1.82) is 0 Å². The molecule has 0 saturated carbocycles. The number of anilines is 1. The maximum atomic E-state index is 12.9. The topological polar surface area (TPSA) is 63.9 Å². The van der Waals surface area contributed by atoms with E-state index in [-0.39, 0.29) is 5.56 Å².